The molecule has 2 atom stereocenters. The molecule has 21 heavy (non-hydrogen) atoms. The number of hydrogen-bond donors (Lipinski definition) is 1. The second kappa shape index (κ2) is 7.03. The van der Waals surface area contributed by atoms with Crippen molar-refractivity contribution in [2.24, 2.45) is 11.8 Å². The van der Waals surface area contributed by atoms with Gasteiger partial charge in [-0.3, -0.25) is 9.59 Å². The lowest BCUT2D eigenvalue weighted by Crippen LogP contribution is -2.67. The molecule has 0 aromatic carbocycles. The first-order chi connectivity index (χ1) is 9.91. The summed E-state index contributed by atoms with van der Waals surface area (Å²) in [7, 11) is 0. The third-order valence-electron chi connectivity index (χ3n) is 4.36. The molecule has 2 heterocycles. The van der Waals surface area contributed by atoms with Gasteiger partial charge in [0.05, 0.1) is 0 Å². The molecule has 2 unspecified atom stereocenters. The van der Waals surface area contributed by atoms with E-state index in [2.05, 4.69) is 19.2 Å². The molecule has 0 aliphatic carbocycles. The van der Waals surface area contributed by atoms with Crippen LogP contribution in [0.5, 0.6) is 0 Å². The highest BCUT2D eigenvalue weighted by molar-refractivity contribution is 7.99. The second-order valence-corrected chi connectivity index (χ2v) is 8.19. The number of thioether (sulfide) groups is 1. The van der Waals surface area contributed by atoms with Crippen molar-refractivity contribution < 1.29 is 9.59 Å². The van der Waals surface area contributed by atoms with Gasteiger partial charge in [-0.25, -0.2) is 0 Å². The van der Waals surface area contributed by atoms with E-state index in [4.69, 9.17) is 0 Å². The van der Waals surface area contributed by atoms with E-state index < -0.39 is 0 Å². The van der Waals surface area contributed by atoms with Crippen molar-refractivity contribution >= 4 is 23.6 Å². The fourth-order valence-corrected chi connectivity index (χ4v) is 4.47. The molecule has 2 fully saturated rings. The Labute approximate surface area is 132 Å². The quantitative estimate of drug-likeness (QED) is 0.866. The van der Waals surface area contributed by atoms with Crippen LogP contribution < -0.4 is 5.32 Å². The van der Waals surface area contributed by atoms with Crippen LogP contribution in [0.1, 0.15) is 47.0 Å². The van der Waals surface area contributed by atoms with Crippen LogP contribution in [0.3, 0.4) is 0 Å². The van der Waals surface area contributed by atoms with E-state index in [0.29, 0.717) is 5.92 Å². The minimum atomic E-state index is -0.331. The summed E-state index contributed by atoms with van der Waals surface area (Å²) in [5, 5.41) is 2.96. The molecule has 0 aromatic rings. The molecule has 0 aromatic heterocycles. The molecule has 0 bridgehead atoms. The molecule has 2 saturated heterocycles. The number of amides is 2. The lowest BCUT2D eigenvalue weighted by Gasteiger charge is -2.46. The Hall–Kier alpha value is -0.710. The molecule has 1 N–H and O–H groups in total. The van der Waals surface area contributed by atoms with Crippen molar-refractivity contribution in [1.29, 1.82) is 0 Å². The zero-order valence-electron chi connectivity index (χ0n) is 13.6. The van der Waals surface area contributed by atoms with E-state index in [1.165, 1.54) is 0 Å². The largest absolute Gasteiger partial charge is 0.342 e. The number of rotatable bonds is 4. The summed E-state index contributed by atoms with van der Waals surface area (Å²) in [4.78, 5) is 27.4. The van der Waals surface area contributed by atoms with Gasteiger partial charge in [0.1, 0.15) is 12.1 Å². The number of nitrogens with one attached hydrogen (secondary N) is 1. The van der Waals surface area contributed by atoms with Crippen molar-refractivity contribution in [2.45, 2.75) is 65.1 Å². The zero-order valence-corrected chi connectivity index (χ0v) is 14.4. The predicted octanol–water partition coefficient (Wildman–Crippen LogP) is 2.28. The third-order valence-corrected chi connectivity index (χ3v) is 5.41. The Morgan fingerprint density at radius 3 is 2.33 bits per heavy atom. The van der Waals surface area contributed by atoms with Gasteiger partial charge in [0.25, 0.3) is 0 Å². The molecule has 0 saturated carbocycles. The van der Waals surface area contributed by atoms with E-state index in [1.54, 1.807) is 0 Å². The van der Waals surface area contributed by atoms with Crippen LogP contribution in [0.4, 0.5) is 0 Å². The first-order valence-corrected chi connectivity index (χ1v) is 9.27. The zero-order chi connectivity index (χ0) is 15.6. The molecule has 120 valence electrons. The van der Waals surface area contributed by atoms with Gasteiger partial charge in [-0.2, -0.15) is 11.8 Å². The van der Waals surface area contributed by atoms with Crippen molar-refractivity contribution in [3.8, 4) is 0 Å². The Bertz CT molecular complexity index is 392. The van der Waals surface area contributed by atoms with Crippen LogP contribution in [0.25, 0.3) is 0 Å². The van der Waals surface area contributed by atoms with Gasteiger partial charge in [0.2, 0.25) is 11.8 Å². The van der Waals surface area contributed by atoms with Crippen LogP contribution >= 0.6 is 11.8 Å². The summed E-state index contributed by atoms with van der Waals surface area (Å²) in [5.74, 6) is 2.92. The van der Waals surface area contributed by atoms with Crippen LogP contribution in [0, 0.1) is 11.8 Å². The van der Waals surface area contributed by atoms with Crippen LogP contribution in [-0.2, 0) is 9.59 Å². The van der Waals surface area contributed by atoms with Gasteiger partial charge in [-0.15, -0.1) is 0 Å². The number of piperazine rings is 1. The van der Waals surface area contributed by atoms with Crippen molar-refractivity contribution in [3.05, 3.63) is 0 Å². The van der Waals surface area contributed by atoms with E-state index >= 15 is 0 Å². The van der Waals surface area contributed by atoms with E-state index in [1.807, 2.05) is 30.5 Å². The minimum Gasteiger partial charge on any atom is -0.342 e. The molecular formula is C16H28N2O2S. The summed E-state index contributed by atoms with van der Waals surface area (Å²) in [6.45, 7) is 8.25. The van der Waals surface area contributed by atoms with E-state index in [0.717, 1.165) is 30.8 Å². The fraction of sp³-hybridized carbons (Fsp3) is 0.875. The lowest BCUT2D eigenvalue weighted by molar-refractivity contribution is -0.154. The van der Waals surface area contributed by atoms with Gasteiger partial charge in [0, 0.05) is 6.04 Å². The Kier molecular flexibility index (Phi) is 5.58. The maximum Gasteiger partial charge on any atom is 0.246 e. The number of nitrogens with zero attached hydrogens (tertiary/aromatic N) is 1. The monoisotopic (exact) mass is 312 g/mol. The third kappa shape index (κ3) is 3.74. The average Bonchev–Trinajstić information content (AvgIpc) is 2.42. The average molecular weight is 312 g/mol. The van der Waals surface area contributed by atoms with Crippen LogP contribution in [-0.4, -0.2) is 46.3 Å². The van der Waals surface area contributed by atoms with Gasteiger partial charge < -0.3 is 10.2 Å². The molecular weight excluding hydrogens is 284 g/mol. The molecule has 5 heteroatoms. The molecule has 2 amide bonds. The lowest BCUT2D eigenvalue weighted by atomic mass is 9.91. The maximum atomic E-state index is 12.9. The first kappa shape index (κ1) is 16.7. The fourth-order valence-electron chi connectivity index (χ4n) is 3.39. The highest BCUT2D eigenvalue weighted by atomic mass is 32.2. The molecule has 2 rings (SSSR count). The molecule has 0 radical (unpaired) electrons. The predicted molar refractivity (Wildman–Crippen MR) is 87.2 cm³/mol. The molecule has 2 aliphatic heterocycles. The summed E-state index contributed by atoms with van der Waals surface area (Å²) in [6.07, 6.45) is 2.76. The summed E-state index contributed by atoms with van der Waals surface area (Å²) >= 11 is 1.95. The smallest absolute Gasteiger partial charge is 0.246 e. The Morgan fingerprint density at radius 2 is 1.81 bits per heavy atom. The normalized spacial score (nSPS) is 28.4. The highest BCUT2D eigenvalue weighted by Crippen LogP contribution is 2.29. The summed E-state index contributed by atoms with van der Waals surface area (Å²) < 4.78 is 0. The van der Waals surface area contributed by atoms with Crippen molar-refractivity contribution in [2.75, 3.05) is 11.5 Å². The van der Waals surface area contributed by atoms with E-state index in [-0.39, 0.29) is 35.9 Å². The topological polar surface area (TPSA) is 49.4 Å². The van der Waals surface area contributed by atoms with Crippen LogP contribution in [0.2, 0.25) is 0 Å². The van der Waals surface area contributed by atoms with Crippen LogP contribution in [0.15, 0.2) is 0 Å². The Balaban J connectivity index is 2.23. The second-order valence-electron chi connectivity index (χ2n) is 6.97. The Morgan fingerprint density at radius 1 is 1.19 bits per heavy atom. The highest BCUT2D eigenvalue weighted by Gasteiger charge is 2.45. The standard InChI is InChI=1S/C16H28N2O2S/c1-10(2)9-13-16(20)18(12-5-7-21-8-6-12)14(11(3)4)15(19)17-13/h10-14H,5-9H2,1-4H3,(H,17,19). The SMILES string of the molecule is CC(C)CC1NC(=O)C(C(C)C)N(C2CCSCC2)C1=O. The van der Waals surface area contributed by atoms with Crippen molar-refractivity contribution in [3.63, 3.8) is 0 Å². The maximum absolute atomic E-state index is 12.9. The molecule has 2 aliphatic rings. The number of carbonyl (C=O) groups excluding carboxylic acids is 2. The van der Waals surface area contributed by atoms with Gasteiger partial charge in [-0.05, 0) is 42.6 Å². The molecule has 0 spiro atoms. The number of carbonyl (C=O) groups is 2. The number of hydrogen-bond acceptors (Lipinski definition) is 3. The van der Waals surface area contributed by atoms with Gasteiger partial charge >= 0.3 is 0 Å². The molecule has 4 nitrogen and oxygen atoms in total. The van der Waals surface area contributed by atoms with E-state index in [9.17, 15) is 9.59 Å². The summed E-state index contributed by atoms with van der Waals surface area (Å²) in [5.41, 5.74) is 0. The summed E-state index contributed by atoms with van der Waals surface area (Å²) in [6, 6.07) is -0.386. The van der Waals surface area contributed by atoms with Gasteiger partial charge in [-0.1, -0.05) is 27.7 Å². The van der Waals surface area contributed by atoms with Crippen molar-refractivity contribution in [1.82, 2.24) is 10.2 Å². The van der Waals surface area contributed by atoms with Gasteiger partial charge in [0.15, 0.2) is 0 Å². The minimum absolute atomic E-state index is 0.0356. The first-order valence-electron chi connectivity index (χ1n) is 8.12.